The molecule has 0 spiro atoms. The minimum absolute atomic E-state index is 0.00829. The fourth-order valence-electron chi connectivity index (χ4n) is 4.54. The lowest BCUT2D eigenvalue weighted by Gasteiger charge is -2.38. The van der Waals surface area contributed by atoms with Crippen LogP contribution in [-0.4, -0.2) is 41.1 Å². The van der Waals surface area contributed by atoms with Gasteiger partial charge in [-0.2, -0.15) is 0 Å². The predicted molar refractivity (Wildman–Crippen MR) is 106 cm³/mol. The second kappa shape index (κ2) is 8.41. The van der Waals surface area contributed by atoms with E-state index in [1.165, 1.54) is 11.6 Å². The molecule has 1 unspecified atom stereocenters. The van der Waals surface area contributed by atoms with E-state index >= 15 is 0 Å². The van der Waals surface area contributed by atoms with Crippen molar-refractivity contribution in [2.24, 2.45) is 0 Å². The Morgan fingerprint density at radius 1 is 1.14 bits per heavy atom. The highest BCUT2D eigenvalue weighted by Gasteiger charge is 2.32. The van der Waals surface area contributed by atoms with E-state index in [2.05, 4.69) is 17.4 Å². The summed E-state index contributed by atoms with van der Waals surface area (Å²) in [6.07, 6.45) is 3.57. The molecule has 148 valence electrons. The summed E-state index contributed by atoms with van der Waals surface area (Å²) >= 11 is 0. The summed E-state index contributed by atoms with van der Waals surface area (Å²) in [7, 11) is 0. The Bertz CT molecular complexity index is 841. The number of nitrogens with one attached hydrogen (secondary N) is 1. The molecule has 3 atom stereocenters. The Morgan fingerprint density at radius 3 is 2.71 bits per heavy atom. The van der Waals surface area contributed by atoms with Crippen LogP contribution < -0.4 is 5.32 Å². The molecule has 2 aliphatic rings. The average Bonchev–Trinajstić information content (AvgIpc) is 3.13. The fraction of sp³-hybridized carbons (Fsp3) is 0.435. The highest BCUT2D eigenvalue weighted by molar-refractivity contribution is 5.79. The summed E-state index contributed by atoms with van der Waals surface area (Å²) < 4.78 is 14.3. The van der Waals surface area contributed by atoms with Gasteiger partial charge in [0.05, 0.1) is 18.7 Å². The van der Waals surface area contributed by atoms with Crippen molar-refractivity contribution >= 4 is 5.91 Å². The van der Waals surface area contributed by atoms with Crippen molar-refractivity contribution < 1.29 is 14.3 Å². The molecular formula is C23H27FN2O2. The van der Waals surface area contributed by atoms with Crippen LogP contribution in [0.2, 0.25) is 0 Å². The first-order valence-corrected chi connectivity index (χ1v) is 10.2. The van der Waals surface area contributed by atoms with Gasteiger partial charge in [-0.25, -0.2) is 4.39 Å². The van der Waals surface area contributed by atoms with Gasteiger partial charge in [0.15, 0.2) is 0 Å². The van der Waals surface area contributed by atoms with Crippen LogP contribution in [0.1, 0.15) is 42.0 Å². The molecule has 4 nitrogen and oxygen atoms in total. The zero-order chi connectivity index (χ0) is 19.5. The number of nitrogens with zero attached hydrogens (tertiary/aromatic N) is 1. The standard InChI is InChI=1S/C23H27FN2O2/c24-19-9-4-2-7-17(19)14-21-18-8-3-1-6-16(18)12-13-26(21)23(28)15-25-20-10-5-11-22(20)27/h1-4,6-9,20-22,25,27H,5,10-15H2/t20-,21?,22-/m0/s1. The van der Waals surface area contributed by atoms with Gasteiger partial charge >= 0.3 is 0 Å². The predicted octanol–water partition coefficient (Wildman–Crippen LogP) is 3.00. The third-order valence-electron chi connectivity index (χ3n) is 6.10. The first kappa shape index (κ1) is 19.1. The smallest absolute Gasteiger partial charge is 0.237 e. The normalized spacial score (nSPS) is 24.2. The van der Waals surface area contributed by atoms with Gasteiger partial charge in [0.2, 0.25) is 5.91 Å². The van der Waals surface area contributed by atoms with Gasteiger partial charge in [0.1, 0.15) is 5.82 Å². The minimum atomic E-state index is -0.371. The van der Waals surface area contributed by atoms with E-state index in [0.717, 1.165) is 31.2 Å². The molecule has 1 heterocycles. The molecule has 2 aromatic carbocycles. The molecule has 0 aromatic heterocycles. The fourth-order valence-corrected chi connectivity index (χ4v) is 4.54. The summed E-state index contributed by atoms with van der Waals surface area (Å²) in [6.45, 7) is 0.835. The van der Waals surface area contributed by atoms with Crippen LogP contribution in [-0.2, 0) is 17.6 Å². The number of carbonyl (C=O) groups excluding carboxylic acids is 1. The SMILES string of the molecule is O=C(CN[C@H]1CCC[C@@H]1O)N1CCc2ccccc2C1Cc1ccccc1F. The van der Waals surface area contributed by atoms with E-state index in [1.807, 2.05) is 23.1 Å². The Labute approximate surface area is 165 Å². The minimum Gasteiger partial charge on any atom is -0.392 e. The summed E-state index contributed by atoms with van der Waals surface area (Å²) in [5, 5.41) is 13.2. The zero-order valence-corrected chi connectivity index (χ0v) is 16.0. The largest absolute Gasteiger partial charge is 0.392 e. The molecule has 1 aliphatic carbocycles. The number of fused-ring (bicyclic) bond motifs is 1. The number of rotatable bonds is 5. The van der Waals surface area contributed by atoms with E-state index in [9.17, 15) is 14.3 Å². The first-order chi connectivity index (χ1) is 13.6. The molecule has 0 saturated heterocycles. The second-order valence-electron chi connectivity index (χ2n) is 7.83. The highest BCUT2D eigenvalue weighted by atomic mass is 19.1. The zero-order valence-electron chi connectivity index (χ0n) is 16.0. The number of halogens is 1. The van der Waals surface area contributed by atoms with Crippen LogP contribution >= 0.6 is 0 Å². The van der Waals surface area contributed by atoms with E-state index in [1.54, 1.807) is 12.1 Å². The van der Waals surface area contributed by atoms with Crippen molar-refractivity contribution in [1.82, 2.24) is 10.2 Å². The number of aliphatic hydroxyl groups excluding tert-OH is 1. The van der Waals surface area contributed by atoms with Crippen molar-refractivity contribution in [1.29, 1.82) is 0 Å². The van der Waals surface area contributed by atoms with E-state index in [4.69, 9.17) is 0 Å². The monoisotopic (exact) mass is 382 g/mol. The maximum absolute atomic E-state index is 14.3. The number of carbonyl (C=O) groups is 1. The first-order valence-electron chi connectivity index (χ1n) is 10.2. The number of benzene rings is 2. The highest BCUT2D eigenvalue weighted by Crippen LogP contribution is 2.33. The number of hydrogen-bond acceptors (Lipinski definition) is 3. The lowest BCUT2D eigenvalue weighted by Crippen LogP contribution is -2.47. The lowest BCUT2D eigenvalue weighted by molar-refractivity contribution is -0.133. The molecule has 5 heteroatoms. The molecule has 1 saturated carbocycles. The molecule has 0 radical (unpaired) electrons. The molecule has 2 aromatic rings. The van der Waals surface area contributed by atoms with Gasteiger partial charge < -0.3 is 15.3 Å². The molecule has 4 rings (SSSR count). The summed E-state index contributed by atoms with van der Waals surface area (Å²) in [4.78, 5) is 14.9. The van der Waals surface area contributed by atoms with Crippen molar-refractivity contribution in [2.45, 2.75) is 50.3 Å². The third kappa shape index (κ3) is 3.96. The van der Waals surface area contributed by atoms with Gasteiger partial charge in [-0.15, -0.1) is 0 Å². The number of aliphatic hydroxyl groups is 1. The van der Waals surface area contributed by atoms with E-state index in [0.29, 0.717) is 18.5 Å². The summed E-state index contributed by atoms with van der Waals surface area (Å²) in [5.74, 6) is -0.222. The van der Waals surface area contributed by atoms with Gasteiger partial charge in [-0.1, -0.05) is 42.5 Å². The van der Waals surface area contributed by atoms with Crippen LogP contribution in [0.3, 0.4) is 0 Å². The molecule has 28 heavy (non-hydrogen) atoms. The quantitative estimate of drug-likeness (QED) is 0.836. The Morgan fingerprint density at radius 2 is 1.93 bits per heavy atom. The number of hydrogen-bond donors (Lipinski definition) is 2. The van der Waals surface area contributed by atoms with Crippen LogP contribution in [0, 0.1) is 5.82 Å². The topological polar surface area (TPSA) is 52.6 Å². The van der Waals surface area contributed by atoms with Gasteiger partial charge in [0, 0.05) is 12.6 Å². The molecule has 1 aliphatic heterocycles. The average molecular weight is 382 g/mol. The number of amides is 1. The van der Waals surface area contributed by atoms with Crippen molar-refractivity contribution in [3.8, 4) is 0 Å². The summed E-state index contributed by atoms with van der Waals surface area (Å²) in [6, 6.07) is 14.7. The third-order valence-corrected chi connectivity index (χ3v) is 6.10. The second-order valence-corrected chi connectivity index (χ2v) is 7.83. The molecule has 2 N–H and O–H groups in total. The molecular weight excluding hydrogens is 355 g/mol. The van der Waals surface area contributed by atoms with Crippen molar-refractivity contribution in [3.05, 3.63) is 71.0 Å². The Hall–Kier alpha value is -2.24. The van der Waals surface area contributed by atoms with Crippen molar-refractivity contribution in [3.63, 3.8) is 0 Å². The molecule has 1 fully saturated rings. The molecule has 1 amide bonds. The van der Waals surface area contributed by atoms with E-state index < -0.39 is 0 Å². The van der Waals surface area contributed by atoms with Gasteiger partial charge in [-0.05, 0) is 54.9 Å². The van der Waals surface area contributed by atoms with Crippen LogP contribution in [0.25, 0.3) is 0 Å². The van der Waals surface area contributed by atoms with Crippen LogP contribution in [0.15, 0.2) is 48.5 Å². The Kier molecular flexibility index (Phi) is 5.74. The maximum atomic E-state index is 14.3. The Balaban J connectivity index is 1.54. The maximum Gasteiger partial charge on any atom is 0.237 e. The van der Waals surface area contributed by atoms with Crippen LogP contribution in [0.5, 0.6) is 0 Å². The van der Waals surface area contributed by atoms with E-state index in [-0.39, 0.29) is 36.5 Å². The lowest BCUT2D eigenvalue weighted by atomic mass is 9.88. The summed E-state index contributed by atoms with van der Waals surface area (Å²) in [5.41, 5.74) is 2.96. The van der Waals surface area contributed by atoms with Crippen molar-refractivity contribution in [2.75, 3.05) is 13.1 Å². The van der Waals surface area contributed by atoms with Gasteiger partial charge in [0.25, 0.3) is 0 Å². The molecule has 0 bridgehead atoms. The van der Waals surface area contributed by atoms with Gasteiger partial charge in [-0.3, -0.25) is 4.79 Å². The van der Waals surface area contributed by atoms with Crippen LogP contribution in [0.4, 0.5) is 4.39 Å².